The van der Waals surface area contributed by atoms with Crippen LogP contribution in [0.3, 0.4) is 0 Å². The Kier molecular flexibility index (Phi) is 4.85. The van der Waals surface area contributed by atoms with Crippen molar-refractivity contribution in [3.8, 4) is 0 Å². The topological polar surface area (TPSA) is 32.5 Å². The van der Waals surface area contributed by atoms with Gasteiger partial charge in [-0.2, -0.15) is 0 Å². The van der Waals surface area contributed by atoms with Gasteiger partial charge in [-0.3, -0.25) is 4.90 Å². The standard InChI is InChI=1S/C11H25N3/c1-4-14(5-2)11(9-12)10-7-6-8-13(10)3/h10-11H,4-9,12H2,1-3H3. The highest BCUT2D eigenvalue weighted by Crippen LogP contribution is 2.20. The van der Waals surface area contributed by atoms with Crippen molar-refractivity contribution >= 4 is 0 Å². The van der Waals surface area contributed by atoms with Gasteiger partial charge < -0.3 is 10.6 Å². The van der Waals surface area contributed by atoms with Gasteiger partial charge in [0.25, 0.3) is 0 Å². The molecule has 1 fully saturated rings. The van der Waals surface area contributed by atoms with E-state index in [2.05, 4.69) is 30.7 Å². The maximum absolute atomic E-state index is 5.90. The molecule has 0 spiro atoms. The van der Waals surface area contributed by atoms with Gasteiger partial charge in [-0.1, -0.05) is 13.8 Å². The van der Waals surface area contributed by atoms with Crippen molar-refractivity contribution in [1.29, 1.82) is 0 Å². The van der Waals surface area contributed by atoms with Gasteiger partial charge >= 0.3 is 0 Å². The third-order valence-corrected chi connectivity index (χ3v) is 3.54. The molecule has 2 unspecified atom stereocenters. The summed E-state index contributed by atoms with van der Waals surface area (Å²) >= 11 is 0. The highest BCUT2D eigenvalue weighted by molar-refractivity contribution is 4.89. The van der Waals surface area contributed by atoms with E-state index >= 15 is 0 Å². The molecule has 84 valence electrons. The van der Waals surface area contributed by atoms with Gasteiger partial charge in [-0.15, -0.1) is 0 Å². The molecule has 1 aliphatic rings. The molecular weight excluding hydrogens is 174 g/mol. The summed E-state index contributed by atoms with van der Waals surface area (Å²) in [6.45, 7) is 8.70. The second-order valence-electron chi connectivity index (χ2n) is 4.21. The normalized spacial score (nSPS) is 25.9. The molecule has 0 radical (unpaired) electrons. The van der Waals surface area contributed by atoms with E-state index in [1.165, 1.54) is 19.4 Å². The van der Waals surface area contributed by atoms with Gasteiger partial charge in [0.1, 0.15) is 0 Å². The van der Waals surface area contributed by atoms with Gasteiger partial charge in [0.15, 0.2) is 0 Å². The van der Waals surface area contributed by atoms with Crippen molar-refractivity contribution in [3.05, 3.63) is 0 Å². The summed E-state index contributed by atoms with van der Waals surface area (Å²) in [6, 6.07) is 1.23. The highest BCUT2D eigenvalue weighted by Gasteiger charge is 2.30. The zero-order chi connectivity index (χ0) is 10.6. The number of nitrogens with two attached hydrogens (primary N) is 1. The smallest absolute Gasteiger partial charge is 0.0373 e. The van der Waals surface area contributed by atoms with Crippen LogP contribution in [-0.4, -0.2) is 55.1 Å². The van der Waals surface area contributed by atoms with E-state index in [9.17, 15) is 0 Å². The Labute approximate surface area is 88.2 Å². The van der Waals surface area contributed by atoms with E-state index in [1.807, 2.05) is 0 Å². The van der Waals surface area contributed by atoms with Gasteiger partial charge in [0.05, 0.1) is 0 Å². The molecule has 2 N–H and O–H groups in total. The number of hydrogen-bond acceptors (Lipinski definition) is 3. The average Bonchev–Trinajstić information content (AvgIpc) is 2.61. The third-order valence-electron chi connectivity index (χ3n) is 3.54. The molecule has 3 heteroatoms. The molecule has 0 saturated carbocycles. The van der Waals surface area contributed by atoms with Crippen molar-refractivity contribution in [1.82, 2.24) is 9.80 Å². The second-order valence-corrected chi connectivity index (χ2v) is 4.21. The number of likely N-dealkylation sites (tertiary alicyclic amines) is 1. The number of hydrogen-bond donors (Lipinski definition) is 1. The van der Waals surface area contributed by atoms with Crippen LogP contribution in [0.15, 0.2) is 0 Å². The minimum absolute atomic E-state index is 0.553. The Bertz CT molecular complexity index is 157. The summed E-state index contributed by atoms with van der Waals surface area (Å²) < 4.78 is 0. The van der Waals surface area contributed by atoms with E-state index in [0.717, 1.165) is 19.6 Å². The van der Waals surface area contributed by atoms with Gasteiger partial charge in [0.2, 0.25) is 0 Å². The summed E-state index contributed by atoms with van der Waals surface area (Å²) in [5.74, 6) is 0. The Morgan fingerprint density at radius 1 is 1.43 bits per heavy atom. The monoisotopic (exact) mass is 199 g/mol. The molecular formula is C11H25N3. The van der Waals surface area contributed by atoms with Crippen LogP contribution in [0.25, 0.3) is 0 Å². The summed E-state index contributed by atoms with van der Waals surface area (Å²) in [6.07, 6.45) is 2.65. The van der Waals surface area contributed by atoms with Crippen LogP contribution in [0.4, 0.5) is 0 Å². The molecule has 0 aromatic heterocycles. The van der Waals surface area contributed by atoms with Crippen LogP contribution >= 0.6 is 0 Å². The van der Waals surface area contributed by atoms with Crippen LogP contribution in [-0.2, 0) is 0 Å². The van der Waals surface area contributed by atoms with Gasteiger partial charge in [-0.25, -0.2) is 0 Å². The fraction of sp³-hybridized carbons (Fsp3) is 1.00. The van der Waals surface area contributed by atoms with Crippen LogP contribution < -0.4 is 5.73 Å². The molecule has 2 atom stereocenters. The van der Waals surface area contributed by atoms with Gasteiger partial charge in [-0.05, 0) is 39.5 Å². The average molecular weight is 199 g/mol. The van der Waals surface area contributed by atoms with E-state index in [1.54, 1.807) is 0 Å². The predicted octanol–water partition coefficient (Wildman–Crippen LogP) is 0.750. The molecule has 3 nitrogen and oxygen atoms in total. The van der Waals surface area contributed by atoms with Crippen molar-refractivity contribution in [2.75, 3.05) is 33.2 Å². The lowest BCUT2D eigenvalue weighted by atomic mass is 10.0. The summed E-state index contributed by atoms with van der Waals surface area (Å²) in [5, 5.41) is 0. The Balaban J connectivity index is 2.59. The molecule has 1 saturated heterocycles. The van der Waals surface area contributed by atoms with Crippen molar-refractivity contribution in [3.63, 3.8) is 0 Å². The maximum Gasteiger partial charge on any atom is 0.0373 e. The quantitative estimate of drug-likeness (QED) is 0.709. The summed E-state index contributed by atoms with van der Waals surface area (Å²) in [7, 11) is 2.23. The van der Waals surface area contributed by atoms with Crippen molar-refractivity contribution < 1.29 is 0 Å². The van der Waals surface area contributed by atoms with Crippen molar-refractivity contribution in [2.24, 2.45) is 5.73 Å². The minimum Gasteiger partial charge on any atom is -0.329 e. The number of nitrogens with zero attached hydrogens (tertiary/aromatic N) is 2. The first kappa shape index (κ1) is 12.0. The summed E-state index contributed by atoms with van der Waals surface area (Å²) in [4.78, 5) is 4.96. The third kappa shape index (κ3) is 2.47. The molecule has 14 heavy (non-hydrogen) atoms. The van der Waals surface area contributed by atoms with Crippen LogP contribution in [0, 0.1) is 0 Å². The van der Waals surface area contributed by atoms with Crippen LogP contribution in [0.2, 0.25) is 0 Å². The van der Waals surface area contributed by atoms with E-state index in [-0.39, 0.29) is 0 Å². The molecule has 0 amide bonds. The fourth-order valence-corrected chi connectivity index (χ4v) is 2.66. The molecule has 0 aliphatic carbocycles. The largest absolute Gasteiger partial charge is 0.329 e. The molecule has 1 rings (SSSR count). The van der Waals surface area contributed by atoms with E-state index in [4.69, 9.17) is 5.73 Å². The second kappa shape index (κ2) is 5.69. The van der Waals surface area contributed by atoms with Crippen LogP contribution in [0.1, 0.15) is 26.7 Å². The maximum atomic E-state index is 5.90. The van der Waals surface area contributed by atoms with E-state index in [0.29, 0.717) is 12.1 Å². The SMILES string of the molecule is CCN(CC)C(CN)C1CCCN1C. The Morgan fingerprint density at radius 2 is 2.07 bits per heavy atom. The lowest BCUT2D eigenvalue weighted by molar-refractivity contribution is 0.131. The predicted molar refractivity (Wildman–Crippen MR) is 61.4 cm³/mol. The van der Waals surface area contributed by atoms with Crippen LogP contribution in [0.5, 0.6) is 0 Å². The molecule has 1 aliphatic heterocycles. The van der Waals surface area contributed by atoms with Gasteiger partial charge in [0, 0.05) is 18.6 Å². The fourth-order valence-electron chi connectivity index (χ4n) is 2.66. The molecule has 0 aromatic rings. The zero-order valence-electron chi connectivity index (χ0n) is 9.87. The summed E-state index contributed by atoms with van der Waals surface area (Å²) in [5.41, 5.74) is 5.90. The molecule has 0 aromatic carbocycles. The number of likely N-dealkylation sites (N-methyl/N-ethyl adjacent to an activating group) is 2. The minimum atomic E-state index is 0.553. The highest BCUT2D eigenvalue weighted by atomic mass is 15.2. The first-order valence-corrected chi connectivity index (χ1v) is 5.88. The van der Waals surface area contributed by atoms with Crippen molar-refractivity contribution in [2.45, 2.75) is 38.8 Å². The Morgan fingerprint density at radius 3 is 2.43 bits per heavy atom. The van der Waals surface area contributed by atoms with E-state index < -0.39 is 0 Å². The zero-order valence-corrected chi connectivity index (χ0v) is 9.87. The lowest BCUT2D eigenvalue weighted by Gasteiger charge is -2.36. The first-order valence-electron chi connectivity index (χ1n) is 5.88. The molecule has 0 bridgehead atoms. The Hall–Kier alpha value is -0.120. The molecule has 1 heterocycles. The lowest BCUT2D eigenvalue weighted by Crippen LogP contribution is -2.52. The first-order chi connectivity index (χ1) is 6.74. The number of rotatable bonds is 5.